The predicted octanol–water partition coefficient (Wildman–Crippen LogP) is 6.75. The Bertz CT molecular complexity index is 1250. The fourth-order valence-electron chi connectivity index (χ4n) is 5.10. The topological polar surface area (TPSA) is 89.5 Å². The van der Waals surface area contributed by atoms with Crippen LogP contribution in [0.15, 0.2) is 23.3 Å². The molecule has 8 nitrogen and oxygen atoms in total. The molecule has 0 unspecified atom stereocenters. The van der Waals surface area contributed by atoms with E-state index in [4.69, 9.17) is 28.4 Å². The summed E-state index contributed by atoms with van der Waals surface area (Å²) in [4.78, 5) is 26.1. The zero-order chi connectivity index (χ0) is 31.0. The third-order valence-electron chi connectivity index (χ3n) is 6.81. The Morgan fingerprint density at radius 2 is 0.732 bits per heavy atom. The van der Waals surface area contributed by atoms with E-state index in [1.807, 2.05) is 39.8 Å². The maximum Gasteiger partial charge on any atom is 0.167 e. The Hall–Kier alpha value is -3.94. The van der Waals surface area contributed by atoms with Gasteiger partial charge in [0.2, 0.25) is 0 Å². The number of benzene rings is 2. The van der Waals surface area contributed by atoms with E-state index in [1.165, 1.54) is 42.3 Å². The molecule has 0 spiro atoms. The van der Waals surface area contributed by atoms with Gasteiger partial charge in [0.15, 0.2) is 11.6 Å². The van der Waals surface area contributed by atoms with E-state index in [0.29, 0.717) is 80.7 Å². The summed E-state index contributed by atoms with van der Waals surface area (Å²) in [5.41, 5.74) is 5.44. The zero-order valence-electron chi connectivity index (χ0n) is 26.5. The van der Waals surface area contributed by atoms with Crippen molar-refractivity contribution in [2.75, 3.05) is 42.7 Å². The molecule has 0 aliphatic heterocycles. The zero-order valence-corrected chi connectivity index (χ0v) is 26.5. The Morgan fingerprint density at radius 1 is 0.463 bits per heavy atom. The van der Waals surface area contributed by atoms with Crippen LogP contribution in [0.4, 0.5) is 0 Å². The molecule has 0 N–H and O–H groups in total. The summed E-state index contributed by atoms with van der Waals surface area (Å²) in [5, 5.41) is 0. The molecular formula is C33H44O8. The van der Waals surface area contributed by atoms with Crippen molar-refractivity contribution >= 4 is 11.6 Å². The third kappa shape index (κ3) is 6.87. The number of carbonyl (C=O) groups excluding carboxylic acids is 2. The summed E-state index contributed by atoms with van der Waals surface area (Å²) in [7, 11) is 9.20. The number of methoxy groups -OCH3 is 6. The van der Waals surface area contributed by atoms with Gasteiger partial charge >= 0.3 is 0 Å². The summed E-state index contributed by atoms with van der Waals surface area (Å²) in [6, 6.07) is 0. The highest BCUT2D eigenvalue weighted by Crippen LogP contribution is 2.50. The van der Waals surface area contributed by atoms with Crippen LogP contribution < -0.4 is 28.4 Å². The number of rotatable bonds is 14. The molecule has 0 fully saturated rings. The minimum Gasteiger partial charge on any atom is -0.496 e. The predicted molar refractivity (Wildman–Crippen MR) is 161 cm³/mol. The van der Waals surface area contributed by atoms with Gasteiger partial charge in [-0.25, -0.2) is 0 Å². The SMILES string of the molecule is COc1c(CC=C(C)C)c(OC)c(C(C)=O)c(OC)c1Cc1c(OC)c(CC=C(C)C)c(OC)c(C(C)=O)c1OC. The van der Waals surface area contributed by atoms with Crippen LogP contribution in [-0.2, 0) is 19.3 Å². The van der Waals surface area contributed by atoms with E-state index in [9.17, 15) is 9.59 Å². The van der Waals surface area contributed by atoms with Crippen molar-refractivity contribution in [2.45, 2.75) is 60.8 Å². The largest absolute Gasteiger partial charge is 0.496 e. The van der Waals surface area contributed by atoms with E-state index in [0.717, 1.165) is 11.1 Å². The van der Waals surface area contributed by atoms with Crippen molar-refractivity contribution in [1.82, 2.24) is 0 Å². The molecule has 0 amide bonds. The molecule has 2 aromatic rings. The first-order valence-corrected chi connectivity index (χ1v) is 13.4. The van der Waals surface area contributed by atoms with Gasteiger partial charge < -0.3 is 28.4 Å². The van der Waals surface area contributed by atoms with Crippen LogP contribution in [0, 0.1) is 0 Å². The number of ketones is 2. The monoisotopic (exact) mass is 568 g/mol. The van der Waals surface area contributed by atoms with Crippen molar-refractivity contribution < 1.29 is 38.0 Å². The molecule has 8 heteroatoms. The molecule has 0 heterocycles. The van der Waals surface area contributed by atoms with Crippen molar-refractivity contribution in [3.05, 3.63) is 56.7 Å². The van der Waals surface area contributed by atoms with E-state index in [1.54, 1.807) is 14.2 Å². The first-order chi connectivity index (χ1) is 19.4. The molecule has 2 rings (SSSR count). The molecule has 0 aromatic heterocycles. The van der Waals surface area contributed by atoms with Crippen LogP contribution in [0.25, 0.3) is 0 Å². The first kappa shape index (κ1) is 33.3. The lowest BCUT2D eigenvalue weighted by Gasteiger charge is -2.26. The molecule has 224 valence electrons. The van der Waals surface area contributed by atoms with Gasteiger partial charge in [-0.3, -0.25) is 9.59 Å². The lowest BCUT2D eigenvalue weighted by atomic mass is 9.88. The highest BCUT2D eigenvalue weighted by molar-refractivity contribution is 6.02. The molecule has 0 aliphatic rings. The van der Waals surface area contributed by atoms with Gasteiger partial charge in [-0.15, -0.1) is 0 Å². The summed E-state index contributed by atoms with van der Waals surface area (Å²) < 4.78 is 35.3. The maximum absolute atomic E-state index is 13.0. The van der Waals surface area contributed by atoms with E-state index in [2.05, 4.69) is 0 Å². The Kier molecular flexibility index (Phi) is 11.9. The average Bonchev–Trinajstić information content (AvgIpc) is 2.92. The second kappa shape index (κ2) is 14.6. The van der Waals surface area contributed by atoms with Crippen LogP contribution >= 0.6 is 0 Å². The molecule has 0 saturated carbocycles. The van der Waals surface area contributed by atoms with Gasteiger partial charge in [-0.05, 0) is 54.4 Å². The van der Waals surface area contributed by atoms with Gasteiger partial charge in [0.25, 0.3) is 0 Å². The van der Waals surface area contributed by atoms with E-state index >= 15 is 0 Å². The van der Waals surface area contributed by atoms with Crippen molar-refractivity contribution in [3.63, 3.8) is 0 Å². The number of carbonyl (C=O) groups is 2. The number of ether oxygens (including phenoxy) is 6. The van der Waals surface area contributed by atoms with Gasteiger partial charge in [0.1, 0.15) is 45.6 Å². The normalized spacial score (nSPS) is 10.4. The van der Waals surface area contributed by atoms with Crippen LogP contribution in [-0.4, -0.2) is 54.2 Å². The molecule has 0 bridgehead atoms. The quantitative estimate of drug-likeness (QED) is 0.183. The summed E-state index contributed by atoms with van der Waals surface area (Å²) >= 11 is 0. The molecule has 0 radical (unpaired) electrons. The van der Waals surface area contributed by atoms with Crippen LogP contribution in [0.1, 0.15) is 84.5 Å². The second-order valence-corrected chi connectivity index (χ2v) is 10.1. The van der Waals surface area contributed by atoms with Crippen molar-refractivity contribution in [3.8, 4) is 34.5 Å². The van der Waals surface area contributed by atoms with E-state index in [-0.39, 0.29) is 18.0 Å². The highest BCUT2D eigenvalue weighted by Gasteiger charge is 2.33. The summed E-state index contributed by atoms with van der Waals surface area (Å²) in [6.07, 6.45) is 5.18. The van der Waals surface area contributed by atoms with Gasteiger partial charge in [-0.2, -0.15) is 0 Å². The first-order valence-electron chi connectivity index (χ1n) is 13.4. The Balaban J connectivity index is 3.19. The lowest BCUT2D eigenvalue weighted by molar-refractivity contribution is 0.0998. The molecule has 41 heavy (non-hydrogen) atoms. The van der Waals surface area contributed by atoms with Crippen LogP contribution in [0.3, 0.4) is 0 Å². The Labute approximate surface area is 244 Å². The number of allylic oxidation sites excluding steroid dienone is 4. The minimum atomic E-state index is -0.219. The van der Waals surface area contributed by atoms with Crippen molar-refractivity contribution in [1.29, 1.82) is 0 Å². The molecule has 2 aromatic carbocycles. The van der Waals surface area contributed by atoms with Gasteiger partial charge in [0.05, 0.1) is 42.7 Å². The molecule has 0 aliphatic carbocycles. The summed E-state index contributed by atoms with van der Waals surface area (Å²) in [6.45, 7) is 10.9. The standard InChI is InChI=1S/C33H44O8/c1-18(2)13-15-22-28(36-7)24(32(40-11)26(20(5)34)30(22)38-9)17-25-29(37-8)23(16-14-19(3)4)31(39-10)27(21(6)35)33(25)41-12/h13-14H,15-17H2,1-12H3. The summed E-state index contributed by atoms with van der Waals surface area (Å²) in [5.74, 6) is 2.02. The Morgan fingerprint density at radius 3 is 0.951 bits per heavy atom. The van der Waals surface area contributed by atoms with Crippen molar-refractivity contribution in [2.24, 2.45) is 0 Å². The van der Waals surface area contributed by atoms with Crippen LogP contribution in [0.5, 0.6) is 34.5 Å². The van der Waals surface area contributed by atoms with E-state index < -0.39 is 0 Å². The van der Waals surface area contributed by atoms with Gasteiger partial charge in [-0.1, -0.05) is 23.3 Å². The fourth-order valence-corrected chi connectivity index (χ4v) is 5.10. The average molecular weight is 569 g/mol. The smallest absolute Gasteiger partial charge is 0.167 e. The number of hydrogen-bond donors (Lipinski definition) is 0. The third-order valence-corrected chi connectivity index (χ3v) is 6.81. The fraction of sp³-hybridized carbons (Fsp3) is 0.455. The molecule has 0 atom stereocenters. The minimum absolute atomic E-state index is 0.164. The maximum atomic E-state index is 13.0. The molecular weight excluding hydrogens is 524 g/mol. The molecule has 0 saturated heterocycles. The van der Waals surface area contributed by atoms with Crippen LogP contribution in [0.2, 0.25) is 0 Å². The number of Topliss-reactive ketones (excluding diaryl/α,β-unsaturated/α-hetero) is 2. The highest BCUT2D eigenvalue weighted by atomic mass is 16.5. The lowest BCUT2D eigenvalue weighted by Crippen LogP contribution is -2.13. The second-order valence-electron chi connectivity index (χ2n) is 10.1. The van der Waals surface area contributed by atoms with Gasteiger partial charge in [0, 0.05) is 28.7 Å². The number of hydrogen-bond acceptors (Lipinski definition) is 8.